The van der Waals surface area contributed by atoms with E-state index in [0.717, 1.165) is 11.4 Å². The predicted octanol–water partition coefficient (Wildman–Crippen LogP) is 2.18. The van der Waals surface area contributed by atoms with Crippen LogP contribution in [-0.2, 0) is 4.79 Å². The second-order valence-corrected chi connectivity index (χ2v) is 4.10. The number of halogens is 1. The van der Waals surface area contributed by atoms with E-state index in [9.17, 15) is 4.79 Å². The van der Waals surface area contributed by atoms with Crippen LogP contribution in [0.4, 0.5) is 0 Å². The van der Waals surface area contributed by atoms with E-state index < -0.39 is 0 Å². The van der Waals surface area contributed by atoms with Crippen LogP contribution in [-0.4, -0.2) is 18.2 Å². The van der Waals surface area contributed by atoms with E-state index in [1.54, 1.807) is 12.2 Å². The quantitative estimate of drug-likeness (QED) is 0.392. The average Bonchev–Trinajstić information content (AvgIpc) is 2.16. The molecule has 0 heterocycles. The molecular formula is C10H15ClN2OS. The smallest absolute Gasteiger partial charge is 0.207 e. The van der Waals surface area contributed by atoms with Crippen molar-refractivity contribution in [2.24, 2.45) is 0 Å². The minimum absolute atomic E-state index is 0.105. The highest BCUT2D eigenvalue weighted by Gasteiger charge is 2.02. The summed E-state index contributed by atoms with van der Waals surface area (Å²) in [6.07, 6.45) is 4.05. The number of hydrogen-bond acceptors (Lipinski definition) is 3. The first-order chi connectivity index (χ1) is 7.11. The molecule has 0 saturated heterocycles. The fraction of sp³-hybridized carbons (Fsp3) is 0.300. The third kappa shape index (κ3) is 7.11. The summed E-state index contributed by atoms with van der Waals surface area (Å²) in [4.78, 5) is 10.1. The summed E-state index contributed by atoms with van der Waals surface area (Å²) in [6.45, 7) is 9.09. The van der Waals surface area contributed by atoms with Crippen LogP contribution in [0.1, 0.15) is 6.92 Å². The maximum Gasteiger partial charge on any atom is 0.207 e. The van der Waals surface area contributed by atoms with E-state index in [1.165, 1.54) is 11.9 Å². The lowest BCUT2D eigenvalue weighted by molar-refractivity contribution is -0.109. The zero-order valence-electron chi connectivity index (χ0n) is 8.63. The molecule has 0 aromatic heterocycles. The Balaban J connectivity index is 3.91. The molecule has 5 heteroatoms. The summed E-state index contributed by atoms with van der Waals surface area (Å²) in [5.41, 5.74) is 0.718. The summed E-state index contributed by atoms with van der Waals surface area (Å²) in [5.74, 6) is 0.734. The Bertz CT molecular complexity index is 266. The third-order valence-corrected chi connectivity index (χ3v) is 2.68. The normalized spacial score (nSPS) is 12.8. The number of amides is 1. The van der Waals surface area contributed by atoms with Gasteiger partial charge in [0, 0.05) is 11.8 Å². The third-order valence-electron chi connectivity index (χ3n) is 1.44. The Morgan fingerprint density at radius 1 is 1.67 bits per heavy atom. The van der Waals surface area contributed by atoms with E-state index >= 15 is 0 Å². The van der Waals surface area contributed by atoms with Crippen LogP contribution in [0, 0.1) is 0 Å². The standard InChI is InChI=1S/C10H15ClN2OS/c1-4-5-10(9(3)11)13-15-6-8(2)12-7-14/h4-5,7-8,13H,1,3,6H2,2H3,(H,12,14)/b10-5+/t8-/m0/s1. The lowest BCUT2D eigenvalue weighted by Gasteiger charge is -2.12. The molecule has 1 amide bonds. The molecule has 0 aliphatic carbocycles. The van der Waals surface area contributed by atoms with Crippen LogP contribution in [0.25, 0.3) is 0 Å². The predicted molar refractivity (Wildman–Crippen MR) is 67.5 cm³/mol. The zero-order valence-corrected chi connectivity index (χ0v) is 10.2. The molecule has 15 heavy (non-hydrogen) atoms. The summed E-state index contributed by atoms with van der Waals surface area (Å²) < 4.78 is 3.03. The lowest BCUT2D eigenvalue weighted by atomic mass is 10.4. The maximum atomic E-state index is 10.1. The van der Waals surface area contributed by atoms with Crippen molar-refractivity contribution in [1.82, 2.24) is 10.0 Å². The van der Waals surface area contributed by atoms with Gasteiger partial charge in [-0.15, -0.1) is 0 Å². The van der Waals surface area contributed by atoms with E-state index in [1.807, 2.05) is 6.92 Å². The molecular weight excluding hydrogens is 232 g/mol. The highest BCUT2D eigenvalue weighted by Crippen LogP contribution is 2.12. The van der Waals surface area contributed by atoms with Crippen molar-refractivity contribution in [3.63, 3.8) is 0 Å². The molecule has 0 aliphatic heterocycles. The largest absolute Gasteiger partial charge is 0.355 e. The van der Waals surface area contributed by atoms with Gasteiger partial charge in [-0.2, -0.15) is 0 Å². The molecule has 3 nitrogen and oxygen atoms in total. The van der Waals surface area contributed by atoms with Gasteiger partial charge in [-0.05, 0) is 13.0 Å². The van der Waals surface area contributed by atoms with Crippen molar-refractivity contribution in [1.29, 1.82) is 0 Å². The van der Waals surface area contributed by atoms with Crippen LogP contribution in [0.3, 0.4) is 0 Å². The van der Waals surface area contributed by atoms with Gasteiger partial charge in [-0.1, -0.05) is 42.8 Å². The van der Waals surface area contributed by atoms with Crippen LogP contribution in [0.5, 0.6) is 0 Å². The molecule has 0 saturated carbocycles. The second-order valence-electron chi connectivity index (χ2n) is 2.82. The highest BCUT2D eigenvalue weighted by molar-refractivity contribution is 7.97. The Morgan fingerprint density at radius 2 is 2.33 bits per heavy atom. The average molecular weight is 247 g/mol. The van der Waals surface area contributed by atoms with Gasteiger partial charge in [-0.3, -0.25) is 4.79 Å². The molecule has 0 unspecified atom stereocenters. The number of nitrogens with one attached hydrogen (secondary N) is 2. The van der Waals surface area contributed by atoms with E-state index in [2.05, 4.69) is 23.2 Å². The van der Waals surface area contributed by atoms with Crippen molar-refractivity contribution in [2.75, 3.05) is 5.75 Å². The summed E-state index contributed by atoms with van der Waals surface area (Å²) in [6, 6.07) is 0.105. The molecule has 1 atom stereocenters. The number of rotatable bonds is 8. The van der Waals surface area contributed by atoms with Gasteiger partial charge in [0.1, 0.15) is 0 Å². The Hall–Kier alpha value is -0.870. The van der Waals surface area contributed by atoms with E-state index in [-0.39, 0.29) is 6.04 Å². The maximum absolute atomic E-state index is 10.1. The van der Waals surface area contributed by atoms with Crippen molar-refractivity contribution < 1.29 is 4.79 Å². The molecule has 0 aliphatic rings. The first-order valence-electron chi connectivity index (χ1n) is 4.36. The van der Waals surface area contributed by atoms with Crippen molar-refractivity contribution in [2.45, 2.75) is 13.0 Å². The number of allylic oxidation sites excluding steroid dienone is 3. The Labute approximate surface area is 99.8 Å². The van der Waals surface area contributed by atoms with Crippen molar-refractivity contribution in [3.8, 4) is 0 Å². The van der Waals surface area contributed by atoms with E-state index in [0.29, 0.717) is 11.4 Å². The summed E-state index contributed by atoms with van der Waals surface area (Å²) >= 11 is 7.19. The molecule has 0 radical (unpaired) electrons. The highest BCUT2D eigenvalue weighted by atomic mass is 35.5. The second kappa shape index (κ2) is 8.44. The molecule has 2 N–H and O–H groups in total. The van der Waals surface area contributed by atoms with Crippen molar-refractivity contribution >= 4 is 30.0 Å². The van der Waals surface area contributed by atoms with Crippen LogP contribution in [0.15, 0.2) is 36.0 Å². The van der Waals surface area contributed by atoms with Gasteiger partial charge >= 0.3 is 0 Å². The van der Waals surface area contributed by atoms with E-state index in [4.69, 9.17) is 11.6 Å². The SMILES string of the molecule is C=C/C=C(/NSC[C@H](C)NC=O)C(=C)Cl. The molecule has 0 aromatic carbocycles. The zero-order chi connectivity index (χ0) is 11.7. The van der Waals surface area contributed by atoms with Gasteiger partial charge in [0.15, 0.2) is 0 Å². The molecule has 0 rings (SSSR count). The minimum atomic E-state index is 0.105. The van der Waals surface area contributed by atoms with Crippen LogP contribution >= 0.6 is 23.5 Å². The van der Waals surface area contributed by atoms with Gasteiger partial charge in [-0.25, -0.2) is 0 Å². The van der Waals surface area contributed by atoms with Gasteiger partial charge < -0.3 is 10.0 Å². The topological polar surface area (TPSA) is 41.1 Å². The number of hydrogen-bond donors (Lipinski definition) is 2. The first kappa shape index (κ1) is 14.1. The fourth-order valence-corrected chi connectivity index (χ4v) is 1.65. The van der Waals surface area contributed by atoms with Crippen LogP contribution in [0.2, 0.25) is 0 Å². The fourth-order valence-electron chi connectivity index (χ4n) is 0.706. The molecule has 0 bridgehead atoms. The number of carbonyl (C=O) groups excluding carboxylic acids is 1. The monoisotopic (exact) mass is 246 g/mol. The van der Waals surface area contributed by atoms with Gasteiger partial charge in [0.25, 0.3) is 0 Å². The number of carbonyl (C=O) groups is 1. The van der Waals surface area contributed by atoms with Crippen molar-refractivity contribution in [3.05, 3.63) is 36.0 Å². The Morgan fingerprint density at radius 3 is 2.80 bits per heavy atom. The Kier molecular flexibility index (Phi) is 7.95. The van der Waals surface area contributed by atoms with Gasteiger partial charge in [0.05, 0.1) is 10.7 Å². The lowest BCUT2D eigenvalue weighted by Crippen LogP contribution is -2.27. The molecule has 0 aromatic rings. The first-order valence-corrected chi connectivity index (χ1v) is 5.73. The van der Waals surface area contributed by atoms with Crippen LogP contribution < -0.4 is 10.0 Å². The molecule has 0 spiro atoms. The minimum Gasteiger partial charge on any atom is -0.355 e. The van der Waals surface area contributed by atoms with Gasteiger partial charge in [0.2, 0.25) is 6.41 Å². The summed E-state index contributed by atoms with van der Waals surface area (Å²) in [7, 11) is 0. The molecule has 84 valence electrons. The molecule has 0 fully saturated rings. The summed E-state index contributed by atoms with van der Waals surface area (Å²) in [5, 5.41) is 3.07.